The number of rotatable bonds is 8. The molecule has 1 aliphatic carbocycles. The quantitative estimate of drug-likeness (QED) is 0.291. The number of carbonyl (C=O) groups is 3. The molecular weight excluding hydrogens is 591 g/mol. The van der Waals surface area contributed by atoms with Gasteiger partial charge in [-0.05, 0) is 50.3 Å². The first-order valence-corrected chi connectivity index (χ1v) is 14.8. The molecule has 1 saturated heterocycles. The van der Waals surface area contributed by atoms with Crippen LogP contribution < -0.4 is 16.3 Å². The van der Waals surface area contributed by atoms with Gasteiger partial charge in [0.25, 0.3) is 0 Å². The molecule has 4 atom stereocenters. The number of nitrogens with zero attached hydrogens (tertiary/aromatic N) is 3. The van der Waals surface area contributed by atoms with E-state index in [1.165, 1.54) is 6.07 Å². The first kappa shape index (κ1) is 32.7. The molecule has 14 heteroatoms. The standard InChI is InChI=1S/C29H39ClF3N5O5/c1-16-9-12-37(25(16)39)14-21-23-17(10-13-38(21)26(40)18-6-4-5-11-28(18,2)27(41)42)19(30)7-8-22(23)43-15-20(34)24(36(3)35)29(31,32)33/h7-8,16,18,21H,4-6,9-15,34-35H2,1-3H3,(H,41,42)/b24-20-/t16-,18-,21?,28-/m0/s1. The molecule has 0 radical (unpaired) electrons. The topological polar surface area (TPSA) is 142 Å². The summed E-state index contributed by atoms with van der Waals surface area (Å²) in [6.07, 6.45) is -1.72. The third-order valence-corrected chi connectivity index (χ3v) is 9.47. The highest BCUT2D eigenvalue weighted by Crippen LogP contribution is 2.46. The number of benzene rings is 1. The summed E-state index contributed by atoms with van der Waals surface area (Å²) in [5.74, 6) is 3.13. The lowest BCUT2D eigenvalue weighted by Crippen LogP contribution is -2.52. The molecule has 2 amide bonds. The molecule has 1 aromatic carbocycles. The Morgan fingerprint density at radius 3 is 2.51 bits per heavy atom. The van der Waals surface area contributed by atoms with Crippen LogP contribution in [0.4, 0.5) is 13.2 Å². The monoisotopic (exact) mass is 629 g/mol. The fourth-order valence-corrected chi connectivity index (χ4v) is 6.92. The Hall–Kier alpha value is -3.19. The van der Waals surface area contributed by atoms with Crippen LogP contribution in [-0.4, -0.2) is 77.2 Å². The highest BCUT2D eigenvalue weighted by Gasteiger charge is 2.50. The molecule has 5 N–H and O–H groups in total. The van der Waals surface area contributed by atoms with Crippen LogP contribution in [0.1, 0.15) is 63.1 Å². The second-order valence-corrected chi connectivity index (χ2v) is 12.4. The third-order valence-electron chi connectivity index (χ3n) is 9.12. The molecule has 2 fully saturated rings. The van der Waals surface area contributed by atoms with Crippen LogP contribution in [0, 0.1) is 17.3 Å². The zero-order valence-corrected chi connectivity index (χ0v) is 25.3. The molecule has 43 heavy (non-hydrogen) atoms. The van der Waals surface area contributed by atoms with E-state index in [4.69, 9.17) is 27.9 Å². The minimum atomic E-state index is -4.83. The average molecular weight is 630 g/mol. The van der Waals surface area contributed by atoms with E-state index in [1.54, 1.807) is 22.8 Å². The molecule has 1 saturated carbocycles. The number of hydrazine groups is 1. The van der Waals surface area contributed by atoms with Crippen LogP contribution in [0.5, 0.6) is 5.75 Å². The summed E-state index contributed by atoms with van der Waals surface area (Å²) in [5, 5.41) is 10.9. The number of carboxylic acid groups (broad SMARTS) is 1. The van der Waals surface area contributed by atoms with Gasteiger partial charge in [-0.3, -0.25) is 14.4 Å². The van der Waals surface area contributed by atoms with Gasteiger partial charge in [-0.2, -0.15) is 13.2 Å². The van der Waals surface area contributed by atoms with Crippen molar-refractivity contribution in [3.63, 3.8) is 0 Å². The Morgan fingerprint density at radius 1 is 1.23 bits per heavy atom. The second-order valence-electron chi connectivity index (χ2n) is 12.0. The maximum absolute atomic E-state index is 14.3. The van der Waals surface area contributed by atoms with Crippen molar-refractivity contribution in [3.8, 4) is 5.75 Å². The highest BCUT2D eigenvalue weighted by atomic mass is 35.5. The average Bonchev–Trinajstić information content (AvgIpc) is 3.24. The van der Waals surface area contributed by atoms with E-state index in [1.807, 2.05) is 6.92 Å². The second kappa shape index (κ2) is 12.4. The summed E-state index contributed by atoms with van der Waals surface area (Å²) < 4.78 is 46.7. The predicted molar refractivity (Wildman–Crippen MR) is 152 cm³/mol. The summed E-state index contributed by atoms with van der Waals surface area (Å²) in [6, 6.07) is 2.30. The highest BCUT2D eigenvalue weighted by molar-refractivity contribution is 6.31. The van der Waals surface area contributed by atoms with Crippen LogP contribution >= 0.6 is 11.6 Å². The number of carbonyl (C=O) groups excluding carboxylic acids is 2. The first-order valence-electron chi connectivity index (χ1n) is 14.4. The smallest absolute Gasteiger partial charge is 0.434 e. The van der Waals surface area contributed by atoms with Crippen molar-refractivity contribution < 1.29 is 37.4 Å². The summed E-state index contributed by atoms with van der Waals surface area (Å²) in [7, 11) is 1.02. The summed E-state index contributed by atoms with van der Waals surface area (Å²) >= 11 is 6.60. The van der Waals surface area contributed by atoms with E-state index in [-0.39, 0.29) is 36.6 Å². The number of carboxylic acids is 1. The molecule has 3 aliphatic rings. The molecule has 4 rings (SSSR count). The Labute approximate surface area is 253 Å². The summed E-state index contributed by atoms with van der Waals surface area (Å²) in [5.41, 5.74) is 3.75. The number of amides is 2. The third kappa shape index (κ3) is 6.38. The van der Waals surface area contributed by atoms with E-state index in [2.05, 4.69) is 0 Å². The Bertz CT molecular complexity index is 1310. The number of hydrogen-bond donors (Lipinski definition) is 3. The number of ether oxygens (including phenoxy) is 1. The van der Waals surface area contributed by atoms with Gasteiger partial charge in [-0.15, -0.1) is 0 Å². The van der Waals surface area contributed by atoms with Gasteiger partial charge in [-0.25, -0.2) is 5.84 Å². The van der Waals surface area contributed by atoms with Gasteiger partial charge in [0.05, 0.1) is 23.1 Å². The van der Waals surface area contributed by atoms with Gasteiger partial charge >= 0.3 is 12.1 Å². The van der Waals surface area contributed by atoms with E-state index in [9.17, 15) is 32.7 Å². The predicted octanol–water partition coefficient (Wildman–Crippen LogP) is 3.83. The zero-order valence-electron chi connectivity index (χ0n) is 24.5. The van der Waals surface area contributed by atoms with Gasteiger partial charge in [0.15, 0.2) is 5.70 Å². The van der Waals surface area contributed by atoms with Crippen molar-refractivity contribution in [3.05, 3.63) is 39.7 Å². The van der Waals surface area contributed by atoms with Gasteiger partial charge < -0.3 is 30.4 Å². The molecule has 1 unspecified atom stereocenters. The van der Waals surface area contributed by atoms with Gasteiger partial charge in [0.2, 0.25) is 11.8 Å². The molecule has 0 spiro atoms. The normalized spacial score (nSPS) is 26.6. The number of nitrogens with two attached hydrogens (primary N) is 2. The van der Waals surface area contributed by atoms with Crippen LogP contribution in [0.3, 0.4) is 0 Å². The fraction of sp³-hybridized carbons (Fsp3) is 0.621. The van der Waals surface area contributed by atoms with Crippen molar-refractivity contribution in [1.82, 2.24) is 14.8 Å². The molecule has 1 aromatic rings. The maximum Gasteiger partial charge on any atom is 0.434 e. The van der Waals surface area contributed by atoms with E-state index >= 15 is 0 Å². The summed E-state index contributed by atoms with van der Waals surface area (Å²) in [4.78, 5) is 42.9. The lowest BCUT2D eigenvalue weighted by Gasteiger charge is -2.45. The van der Waals surface area contributed by atoms with Crippen LogP contribution in [-0.2, 0) is 20.8 Å². The number of alkyl halides is 3. The zero-order chi connectivity index (χ0) is 31.9. The van der Waals surface area contributed by atoms with E-state index in [0.29, 0.717) is 66.2 Å². The lowest BCUT2D eigenvalue weighted by atomic mass is 9.66. The Balaban J connectivity index is 1.77. The molecule has 2 aliphatic heterocycles. The van der Waals surface area contributed by atoms with Crippen molar-refractivity contribution >= 4 is 29.4 Å². The number of hydrogen-bond acceptors (Lipinski definition) is 7. The first-order chi connectivity index (χ1) is 20.1. The number of halogens is 4. The van der Waals surface area contributed by atoms with Crippen molar-refractivity contribution in [2.75, 3.05) is 33.3 Å². The number of allylic oxidation sites excluding steroid dienone is 1. The molecular formula is C29H39ClF3N5O5. The van der Waals surface area contributed by atoms with Gasteiger partial charge in [0, 0.05) is 43.2 Å². The maximum atomic E-state index is 14.3. The molecule has 0 aromatic heterocycles. The molecule has 2 heterocycles. The number of aliphatic carboxylic acids is 1. The van der Waals surface area contributed by atoms with Crippen LogP contribution in [0.15, 0.2) is 23.5 Å². The molecule has 0 bridgehead atoms. The Kier molecular flexibility index (Phi) is 9.46. The molecule has 238 valence electrons. The van der Waals surface area contributed by atoms with E-state index in [0.717, 1.165) is 7.05 Å². The summed E-state index contributed by atoms with van der Waals surface area (Å²) in [6.45, 7) is 3.55. The van der Waals surface area contributed by atoms with Crippen LogP contribution in [0.25, 0.3) is 0 Å². The largest absolute Gasteiger partial charge is 0.487 e. The number of likely N-dealkylation sites (tertiary alicyclic amines) is 1. The Morgan fingerprint density at radius 2 is 1.93 bits per heavy atom. The van der Waals surface area contributed by atoms with Crippen molar-refractivity contribution in [2.45, 2.75) is 64.6 Å². The van der Waals surface area contributed by atoms with Gasteiger partial charge in [0.1, 0.15) is 12.4 Å². The van der Waals surface area contributed by atoms with Gasteiger partial charge in [-0.1, -0.05) is 31.4 Å². The number of fused-ring (bicyclic) bond motifs is 1. The minimum Gasteiger partial charge on any atom is -0.487 e. The lowest BCUT2D eigenvalue weighted by molar-refractivity contribution is -0.162. The van der Waals surface area contributed by atoms with E-state index < -0.39 is 47.5 Å². The van der Waals surface area contributed by atoms with Crippen LogP contribution in [0.2, 0.25) is 5.02 Å². The molecule has 10 nitrogen and oxygen atoms in total. The fourth-order valence-electron chi connectivity index (χ4n) is 6.66. The SMILES string of the molecule is C[C@H]1CCN(CC2c3c(OC/C(N)=C(/N(C)N)C(F)(F)F)ccc(Cl)c3CCN2C(=O)[C@@H]2CCCC[C@]2(C)C(=O)O)C1=O. The van der Waals surface area contributed by atoms with Crippen molar-refractivity contribution in [2.24, 2.45) is 28.8 Å². The van der Waals surface area contributed by atoms with Crippen molar-refractivity contribution in [1.29, 1.82) is 0 Å². The minimum absolute atomic E-state index is 0.0787.